The van der Waals surface area contributed by atoms with Crippen LogP contribution < -0.4 is 16.4 Å². The van der Waals surface area contributed by atoms with Crippen LogP contribution in [0.4, 0.5) is 0 Å². The van der Waals surface area contributed by atoms with Crippen LogP contribution in [0.2, 0.25) is 0 Å². The summed E-state index contributed by atoms with van der Waals surface area (Å²) in [4.78, 5) is 0. The van der Waals surface area contributed by atoms with Crippen molar-refractivity contribution in [2.24, 2.45) is 0 Å². The van der Waals surface area contributed by atoms with E-state index in [0.29, 0.717) is 5.46 Å². The van der Waals surface area contributed by atoms with E-state index in [-0.39, 0.29) is 0 Å². The first-order chi connectivity index (χ1) is 11.6. The molecule has 0 aromatic heterocycles. The molecule has 0 N–H and O–H groups in total. The van der Waals surface area contributed by atoms with Gasteiger partial charge in [-0.2, -0.15) is 0 Å². The van der Waals surface area contributed by atoms with Gasteiger partial charge in [0.05, 0.1) is 13.7 Å². The van der Waals surface area contributed by atoms with Crippen molar-refractivity contribution in [3.63, 3.8) is 0 Å². The zero-order valence-corrected chi connectivity index (χ0v) is 16.5. The van der Waals surface area contributed by atoms with Gasteiger partial charge in [0, 0.05) is 23.2 Å². The highest BCUT2D eigenvalue weighted by Crippen LogP contribution is 2.35. The van der Waals surface area contributed by atoms with Crippen molar-refractivity contribution in [1.29, 1.82) is 0 Å². The lowest BCUT2D eigenvalue weighted by atomic mass is 9.14. The van der Waals surface area contributed by atoms with Crippen molar-refractivity contribution in [2.45, 2.75) is 48.5 Å². The zero-order chi connectivity index (χ0) is 19.2. The van der Waals surface area contributed by atoms with E-state index in [1.165, 1.54) is 40.6 Å². The van der Waals surface area contributed by atoms with Crippen LogP contribution in [0, 0.1) is 48.5 Å². The normalized spacial score (nSPS) is 10.8. The highest BCUT2D eigenvalue weighted by molar-refractivity contribution is 7.36. The Labute approximate surface area is 159 Å². The van der Waals surface area contributed by atoms with Crippen molar-refractivity contribution < 1.29 is 0 Å². The lowest BCUT2D eigenvalue weighted by Crippen LogP contribution is -2.54. The van der Waals surface area contributed by atoms with E-state index >= 15 is 0 Å². The Morgan fingerprint density at radius 3 is 1.44 bits per heavy atom. The first kappa shape index (κ1) is 20.1. The summed E-state index contributed by atoms with van der Waals surface area (Å²) in [5, 5.41) is 0. The molecule has 0 bridgehead atoms. The zero-order valence-electron chi connectivity index (χ0n) is 16.5. The number of rotatable bonds is 3. The summed E-state index contributed by atoms with van der Waals surface area (Å²) < 4.78 is 0. The van der Waals surface area contributed by atoms with Gasteiger partial charge in [-0.05, 0) is 93.0 Å². The molecule has 0 nitrogen and oxygen atoms in total. The molecular formula is C19H21B6. The van der Waals surface area contributed by atoms with Gasteiger partial charge in [0.1, 0.15) is 7.85 Å². The quantitative estimate of drug-likeness (QED) is 0.734. The predicted molar refractivity (Wildman–Crippen MR) is 118 cm³/mol. The summed E-state index contributed by atoms with van der Waals surface area (Å²) in [6.45, 7) is 14.3. The van der Waals surface area contributed by atoms with Crippen LogP contribution in [-0.4, -0.2) is 44.7 Å². The summed E-state index contributed by atoms with van der Waals surface area (Å²) >= 11 is 0. The van der Waals surface area contributed by atoms with E-state index in [2.05, 4.69) is 41.5 Å². The van der Waals surface area contributed by atoms with Crippen LogP contribution in [0.1, 0.15) is 38.9 Å². The second-order valence-electron chi connectivity index (χ2n) is 7.06. The second-order valence-corrected chi connectivity index (χ2v) is 7.06. The van der Waals surface area contributed by atoms with Crippen LogP contribution >= 0.6 is 0 Å². The van der Waals surface area contributed by atoms with Crippen LogP contribution in [0.3, 0.4) is 0 Å². The molecular weight excluding hydrogens is 293 g/mol. The van der Waals surface area contributed by atoms with Gasteiger partial charge in [0.15, 0.2) is 0 Å². The minimum absolute atomic E-state index is 0.617. The van der Waals surface area contributed by atoms with Crippen LogP contribution in [0.25, 0.3) is 11.1 Å². The Bertz CT molecular complexity index is 823. The van der Waals surface area contributed by atoms with Crippen molar-refractivity contribution in [3.8, 4) is 11.1 Å². The summed E-state index contributed by atoms with van der Waals surface area (Å²) in [6.07, 6.45) is 0. The van der Waals surface area contributed by atoms with Crippen LogP contribution in [-0.2, 0) is 0 Å². The Hall–Kier alpha value is -1.17. The molecule has 115 valence electrons. The lowest BCUT2D eigenvalue weighted by molar-refractivity contribution is 1.18. The van der Waals surface area contributed by atoms with Crippen molar-refractivity contribution >= 4 is 61.1 Å². The summed E-state index contributed by atoms with van der Waals surface area (Å²) in [5.41, 5.74) is 13.0. The molecule has 0 unspecified atom stereocenters. The van der Waals surface area contributed by atoms with Crippen molar-refractivity contribution in [3.05, 3.63) is 38.9 Å². The standard InChI is InChI=1S/C19H21B6/c1-8-9(2)11(4)15(12(5)10(8)3)16-13(6)14(7)19(25(22)23)18(24-21)17(16)20/h1-7H3. The fraction of sp³-hybridized carbons (Fsp3) is 0.368. The Morgan fingerprint density at radius 2 is 1.04 bits per heavy atom. The maximum atomic E-state index is 6.59. The van der Waals surface area contributed by atoms with Gasteiger partial charge in [-0.3, -0.25) is 0 Å². The average Bonchev–Trinajstić information content (AvgIpc) is 2.56. The van der Waals surface area contributed by atoms with Crippen molar-refractivity contribution in [1.82, 2.24) is 0 Å². The predicted octanol–water partition coefficient (Wildman–Crippen LogP) is 0.752. The van der Waals surface area contributed by atoms with Gasteiger partial charge in [-0.15, -0.1) is 10.9 Å². The molecule has 0 aliphatic heterocycles. The Morgan fingerprint density at radius 1 is 0.640 bits per heavy atom. The van der Waals surface area contributed by atoms with Gasteiger partial charge in [0.25, 0.3) is 0 Å². The average molecular weight is 314 g/mol. The summed E-state index contributed by atoms with van der Waals surface area (Å²) in [7, 11) is 26.0. The molecule has 2 aromatic rings. The molecule has 0 aliphatic rings. The fourth-order valence-corrected chi connectivity index (χ4v) is 3.88. The highest BCUT2D eigenvalue weighted by Gasteiger charge is 2.22. The van der Waals surface area contributed by atoms with E-state index < -0.39 is 6.49 Å². The van der Waals surface area contributed by atoms with Crippen LogP contribution in [0.15, 0.2) is 0 Å². The number of hydrogen-bond donors (Lipinski definition) is 0. The lowest BCUT2D eigenvalue weighted by Gasteiger charge is -2.28. The van der Waals surface area contributed by atoms with Gasteiger partial charge in [-0.1, -0.05) is 11.0 Å². The van der Waals surface area contributed by atoms with Gasteiger partial charge < -0.3 is 0 Å². The van der Waals surface area contributed by atoms with Gasteiger partial charge in [0.2, 0.25) is 0 Å². The monoisotopic (exact) mass is 315 g/mol. The Balaban J connectivity index is 3.04. The molecule has 0 fully saturated rings. The van der Waals surface area contributed by atoms with Crippen molar-refractivity contribution in [2.75, 3.05) is 0 Å². The topological polar surface area (TPSA) is 0 Å². The van der Waals surface area contributed by atoms with E-state index in [1.807, 2.05) is 6.92 Å². The first-order valence-corrected chi connectivity index (χ1v) is 8.62. The number of hydrogen-bond acceptors (Lipinski definition) is 0. The smallest absolute Gasteiger partial charge is 0.111 e. The van der Waals surface area contributed by atoms with Gasteiger partial charge >= 0.3 is 0 Å². The fourth-order valence-electron chi connectivity index (χ4n) is 3.88. The third-order valence-electron chi connectivity index (χ3n) is 5.94. The van der Waals surface area contributed by atoms with Gasteiger partial charge in [-0.25, -0.2) is 0 Å². The summed E-state index contributed by atoms with van der Waals surface area (Å²) in [6, 6.07) is 0. The molecule has 0 heterocycles. The SMILES string of the molecule is [B][B]c1c([B])c(-c2c(C)c(C)c(C)c(C)c2C)c(C)c(C)c1B([B])[B]. The van der Waals surface area contributed by atoms with Crippen LogP contribution in [0.5, 0.6) is 0 Å². The largest absolute Gasteiger partial charge is 0.113 e. The Kier molecular flexibility index (Phi) is 5.81. The van der Waals surface area contributed by atoms with E-state index in [9.17, 15) is 0 Å². The first-order valence-electron chi connectivity index (χ1n) is 8.62. The molecule has 0 atom stereocenters. The molecule has 9 radical (unpaired) electrons. The minimum atomic E-state index is -0.617. The van der Waals surface area contributed by atoms with E-state index in [4.69, 9.17) is 31.1 Å². The molecule has 0 aliphatic carbocycles. The number of benzene rings is 2. The highest BCUT2D eigenvalue weighted by atomic mass is 14.2. The molecule has 0 saturated heterocycles. The van der Waals surface area contributed by atoms with E-state index in [0.717, 1.165) is 27.6 Å². The molecule has 0 saturated carbocycles. The molecule has 6 heteroatoms. The maximum absolute atomic E-state index is 6.59. The summed E-state index contributed by atoms with van der Waals surface area (Å²) in [5.74, 6) is 0. The molecule has 2 rings (SSSR count). The molecule has 0 spiro atoms. The molecule has 25 heavy (non-hydrogen) atoms. The molecule has 2 aromatic carbocycles. The minimum Gasteiger partial charge on any atom is -0.111 e. The second kappa shape index (κ2) is 7.22. The molecule has 0 amide bonds. The third-order valence-corrected chi connectivity index (χ3v) is 5.94. The van der Waals surface area contributed by atoms with E-state index in [1.54, 1.807) is 0 Å². The third kappa shape index (κ3) is 3.07. The maximum Gasteiger partial charge on any atom is 0.113 e.